The van der Waals surface area contributed by atoms with Gasteiger partial charge in [-0.2, -0.15) is 8.42 Å². The van der Waals surface area contributed by atoms with Crippen molar-refractivity contribution in [1.29, 1.82) is 0 Å². The predicted molar refractivity (Wildman–Crippen MR) is 83.6 cm³/mol. The van der Waals surface area contributed by atoms with E-state index in [0.717, 1.165) is 12.1 Å². The Morgan fingerprint density at radius 2 is 1.80 bits per heavy atom. The normalized spacial score (nSPS) is 10.6. The Kier molecular flexibility index (Phi) is 9.98. The molecule has 5 heteroatoms. The molecular formula is C15H25NO3S. The van der Waals surface area contributed by atoms with Crippen molar-refractivity contribution in [3.63, 3.8) is 0 Å². The van der Waals surface area contributed by atoms with Gasteiger partial charge >= 0.3 is 0 Å². The van der Waals surface area contributed by atoms with Gasteiger partial charge in [0.05, 0.1) is 4.90 Å². The largest absolute Gasteiger partial charge is 0.320 e. The molecule has 0 amide bonds. The molecule has 20 heavy (non-hydrogen) atoms. The van der Waals surface area contributed by atoms with Crippen LogP contribution in [0.4, 0.5) is 0 Å². The van der Waals surface area contributed by atoms with E-state index in [1.54, 1.807) is 12.1 Å². The van der Waals surface area contributed by atoms with Gasteiger partial charge in [-0.05, 0) is 51.9 Å². The van der Waals surface area contributed by atoms with Crippen LogP contribution in [0.25, 0.3) is 0 Å². The zero-order valence-electron chi connectivity index (χ0n) is 12.3. The van der Waals surface area contributed by atoms with Crippen molar-refractivity contribution >= 4 is 10.1 Å². The molecule has 0 aliphatic heterocycles. The van der Waals surface area contributed by atoms with Crippen molar-refractivity contribution in [1.82, 2.24) is 5.32 Å². The van der Waals surface area contributed by atoms with Crippen LogP contribution in [0.5, 0.6) is 0 Å². The first-order chi connectivity index (χ1) is 9.41. The Morgan fingerprint density at radius 3 is 2.25 bits per heavy atom. The molecule has 0 aromatic heterocycles. The Hall–Kier alpha value is -1.17. The molecule has 0 aliphatic carbocycles. The van der Waals surface area contributed by atoms with Gasteiger partial charge in [0, 0.05) is 0 Å². The lowest BCUT2D eigenvalue weighted by Gasteiger charge is -1.96. The minimum Gasteiger partial charge on any atom is -0.320 e. The van der Waals surface area contributed by atoms with Crippen LogP contribution in [-0.2, 0) is 10.1 Å². The predicted octanol–water partition coefficient (Wildman–Crippen LogP) is 3.19. The average molecular weight is 299 g/mol. The van der Waals surface area contributed by atoms with Gasteiger partial charge in [-0.25, -0.2) is 0 Å². The maximum atomic E-state index is 10.5. The molecule has 1 aromatic carbocycles. The maximum absolute atomic E-state index is 10.5. The van der Waals surface area contributed by atoms with Gasteiger partial charge in [0.2, 0.25) is 0 Å². The number of hydrogen-bond donors (Lipinski definition) is 2. The number of unbranched alkanes of at least 4 members (excludes halogenated alkanes) is 3. The lowest BCUT2D eigenvalue weighted by atomic mass is 10.2. The molecule has 0 unspecified atom stereocenters. The summed E-state index contributed by atoms with van der Waals surface area (Å²) >= 11 is 0. The van der Waals surface area contributed by atoms with E-state index in [4.69, 9.17) is 4.55 Å². The van der Waals surface area contributed by atoms with Crippen molar-refractivity contribution in [3.05, 3.63) is 42.5 Å². The summed E-state index contributed by atoms with van der Waals surface area (Å²) in [5.41, 5.74) is 0.956. The van der Waals surface area contributed by atoms with E-state index in [1.165, 1.54) is 37.8 Å². The summed E-state index contributed by atoms with van der Waals surface area (Å²) in [4.78, 5) is -0.0666. The number of nitrogens with one attached hydrogen (secondary N) is 1. The molecule has 0 radical (unpaired) electrons. The summed E-state index contributed by atoms with van der Waals surface area (Å²) < 4.78 is 29.6. The average Bonchev–Trinajstić information content (AvgIpc) is 2.39. The molecule has 2 N–H and O–H groups in total. The van der Waals surface area contributed by atoms with Crippen molar-refractivity contribution in [2.24, 2.45) is 0 Å². The van der Waals surface area contributed by atoms with E-state index in [0.29, 0.717) is 0 Å². The summed E-state index contributed by atoms with van der Waals surface area (Å²) in [6.45, 7) is 6.65. The first-order valence-electron chi connectivity index (χ1n) is 6.71. The second-order valence-electron chi connectivity index (χ2n) is 4.53. The molecule has 0 atom stereocenters. The van der Waals surface area contributed by atoms with Crippen molar-refractivity contribution in [2.75, 3.05) is 13.6 Å². The highest BCUT2D eigenvalue weighted by atomic mass is 32.2. The Morgan fingerprint density at radius 1 is 1.20 bits per heavy atom. The third kappa shape index (κ3) is 9.72. The maximum Gasteiger partial charge on any atom is 0.294 e. The Bertz CT molecular complexity index is 466. The van der Waals surface area contributed by atoms with E-state index < -0.39 is 10.1 Å². The monoisotopic (exact) mass is 299 g/mol. The zero-order chi connectivity index (χ0) is 15.4. The third-order valence-electron chi connectivity index (χ3n) is 2.65. The molecular weight excluding hydrogens is 274 g/mol. The van der Waals surface area contributed by atoms with Gasteiger partial charge in [-0.15, -0.1) is 6.58 Å². The fourth-order valence-electron chi connectivity index (χ4n) is 1.48. The number of rotatable bonds is 7. The zero-order valence-corrected chi connectivity index (χ0v) is 13.1. The molecule has 1 rings (SSSR count). The van der Waals surface area contributed by atoms with Crippen LogP contribution in [0.3, 0.4) is 0 Å². The van der Waals surface area contributed by atoms with E-state index in [-0.39, 0.29) is 4.90 Å². The standard InChI is InChI=1S/C8H17N.C7H8O3S/c1-3-4-5-6-7-8-9-2;1-6-2-4-7(5-3-6)11(8,9)10/h3,9H,1,4-8H2,2H3;2-5H,1H3,(H,8,9,10). The topological polar surface area (TPSA) is 66.4 Å². The van der Waals surface area contributed by atoms with Gasteiger partial charge in [-0.1, -0.05) is 30.2 Å². The van der Waals surface area contributed by atoms with Crippen molar-refractivity contribution in [2.45, 2.75) is 37.5 Å². The molecule has 0 aliphatic rings. The fourth-order valence-corrected chi connectivity index (χ4v) is 1.96. The smallest absolute Gasteiger partial charge is 0.294 e. The number of hydrogen-bond acceptors (Lipinski definition) is 3. The van der Waals surface area contributed by atoms with Crippen LogP contribution in [0, 0.1) is 6.92 Å². The highest BCUT2D eigenvalue weighted by Crippen LogP contribution is 2.08. The van der Waals surface area contributed by atoms with E-state index in [9.17, 15) is 8.42 Å². The summed E-state index contributed by atoms with van der Waals surface area (Å²) in [6.07, 6.45) is 7.07. The van der Waals surface area contributed by atoms with Gasteiger partial charge < -0.3 is 5.32 Å². The molecule has 114 valence electrons. The van der Waals surface area contributed by atoms with Gasteiger partial charge in [0.25, 0.3) is 10.1 Å². The highest BCUT2D eigenvalue weighted by Gasteiger charge is 2.06. The molecule has 4 nitrogen and oxygen atoms in total. The molecule has 0 bridgehead atoms. The second-order valence-corrected chi connectivity index (χ2v) is 5.95. The van der Waals surface area contributed by atoms with Crippen LogP contribution < -0.4 is 5.32 Å². The molecule has 0 fully saturated rings. The fraction of sp³-hybridized carbons (Fsp3) is 0.467. The van der Waals surface area contributed by atoms with Crippen LogP contribution in [0.1, 0.15) is 31.2 Å². The SMILES string of the molecule is C=CCCCCCNC.Cc1ccc(S(=O)(=O)O)cc1. The quantitative estimate of drug-likeness (QED) is 0.461. The van der Waals surface area contributed by atoms with Crippen LogP contribution in [0.15, 0.2) is 41.8 Å². The van der Waals surface area contributed by atoms with E-state index in [1.807, 2.05) is 20.0 Å². The van der Waals surface area contributed by atoms with E-state index >= 15 is 0 Å². The summed E-state index contributed by atoms with van der Waals surface area (Å²) in [5.74, 6) is 0. The lowest BCUT2D eigenvalue weighted by Crippen LogP contribution is -2.06. The number of benzene rings is 1. The second kappa shape index (κ2) is 10.6. The van der Waals surface area contributed by atoms with Crippen LogP contribution in [0.2, 0.25) is 0 Å². The third-order valence-corrected chi connectivity index (χ3v) is 3.52. The number of aryl methyl sites for hydroxylation is 1. The van der Waals surface area contributed by atoms with Gasteiger partial charge in [0.15, 0.2) is 0 Å². The highest BCUT2D eigenvalue weighted by molar-refractivity contribution is 7.85. The summed E-state index contributed by atoms with van der Waals surface area (Å²) in [6, 6.07) is 5.99. The Balaban J connectivity index is 0.000000370. The van der Waals surface area contributed by atoms with Crippen LogP contribution in [-0.4, -0.2) is 26.6 Å². The lowest BCUT2D eigenvalue weighted by molar-refractivity contribution is 0.483. The first-order valence-corrected chi connectivity index (χ1v) is 8.15. The number of allylic oxidation sites excluding steroid dienone is 1. The van der Waals surface area contributed by atoms with E-state index in [2.05, 4.69) is 11.9 Å². The molecule has 1 aromatic rings. The molecule has 0 saturated carbocycles. The summed E-state index contributed by atoms with van der Waals surface area (Å²) in [7, 11) is -2.03. The van der Waals surface area contributed by atoms with Gasteiger partial charge in [-0.3, -0.25) is 4.55 Å². The molecule has 0 spiro atoms. The van der Waals surface area contributed by atoms with Gasteiger partial charge in [0.1, 0.15) is 0 Å². The Labute approximate surface area is 122 Å². The van der Waals surface area contributed by atoms with Crippen molar-refractivity contribution in [3.8, 4) is 0 Å². The summed E-state index contributed by atoms with van der Waals surface area (Å²) in [5, 5.41) is 3.12. The minimum atomic E-state index is -4.02. The first kappa shape index (κ1) is 18.8. The molecule has 0 heterocycles. The minimum absolute atomic E-state index is 0.0666. The van der Waals surface area contributed by atoms with Crippen molar-refractivity contribution < 1.29 is 13.0 Å². The molecule has 0 saturated heterocycles. The van der Waals surface area contributed by atoms with Crippen LogP contribution >= 0.6 is 0 Å².